The molecule has 1 aliphatic heterocycles. The van der Waals surface area contributed by atoms with Crippen LogP contribution in [0.2, 0.25) is 0 Å². The van der Waals surface area contributed by atoms with Crippen molar-refractivity contribution in [2.75, 3.05) is 24.5 Å². The molecule has 1 saturated heterocycles. The van der Waals surface area contributed by atoms with E-state index in [1.807, 2.05) is 13.0 Å². The Labute approximate surface area is 179 Å². The fraction of sp³-hybridized carbons (Fsp3) is 0.409. The van der Waals surface area contributed by atoms with Crippen LogP contribution < -0.4 is 10.2 Å². The Hall–Kier alpha value is -2.94. The van der Waals surface area contributed by atoms with Crippen molar-refractivity contribution in [2.45, 2.75) is 32.5 Å². The molecular weight excluding hydrogens is 409 g/mol. The molecule has 0 radical (unpaired) electrons. The zero-order valence-electron chi connectivity index (χ0n) is 17.2. The summed E-state index contributed by atoms with van der Waals surface area (Å²) in [6.07, 6.45) is -2.58. The normalized spacial score (nSPS) is 15.5. The van der Waals surface area contributed by atoms with Crippen molar-refractivity contribution < 1.29 is 22.8 Å². The third kappa shape index (κ3) is 5.81. The van der Waals surface area contributed by atoms with Gasteiger partial charge in [0.2, 0.25) is 12.3 Å². The molecule has 31 heavy (non-hydrogen) atoms. The van der Waals surface area contributed by atoms with Crippen LogP contribution in [0.4, 0.5) is 24.7 Å². The predicted octanol–water partition coefficient (Wildman–Crippen LogP) is 3.74. The van der Waals surface area contributed by atoms with E-state index < -0.39 is 11.9 Å². The van der Waals surface area contributed by atoms with Gasteiger partial charge in [-0.3, -0.25) is 19.4 Å². The molecule has 6 nitrogen and oxygen atoms in total. The monoisotopic (exact) mass is 434 g/mol. The Morgan fingerprint density at radius 1 is 1.23 bits per heavy atom. The van der Waals surface area contributed by atoms with Gasteiger partial charge in [0.25, 0.3) is 0 Å². The first-order chi connectivity index (χ1) is 14.8. The number of aromatic nitrogens is 1. The van der Waals surface area contributed by atoms with E-state index in [1.165, 1.54) is 12.1 Å². The molecule has 9 heteroatoms. The topological polar surface area (TPSA) is 65.5 Å². The molecule has 1 N–H and O–H groups in total. The summed E-state index contributed by atoms with van der Waals surface area (Å²) >= 11 is 0. The van der Waals surface area contributed by atoms with Crippen LogP contribution in [0.5, 0.6) is 0 Å². The molecule has 0 spiro atoms. The van der Waals surface area contributed by atoms with Crippen molar-refractivity contribution in [1.29, 1.82) is 0 Å². The lowest BCUT2D eigenvalue weighted by Gasteiger charge is -2.31. The molecule has 2 heterocycles. The van der Waals surface area contributed by atoms with Crippen LogP contribution in [0.1, 0.15) is 31.0 Å². The van der Waals surface area contributed by atoms with E-state index in [-0.39, 0.29) is 17.6 Å². The van der Waals surface area contributed by atoms with Gasteiger partial charge < -0.3 is 5.32 Å². The third-order valence-electron chi connectivity index (χ3n) is 5.28. The average Bonchev–Trinajstić information content (AvgIpc) is 2.75. The number of carbonyl (C=O) groups is 2. The maximum Gasteiger partial charge on any atom is 0.433 e. The second-order valence-corrected chi connectivity index (χ2v) is 7.47. The Balaban J connectivity index is 1.70. The Kier molecular flexibility index (Phi) is 7.27. The molecule has 0 atom stereocenters. The zero-order chi connectivity index (χ0) is 22.4. The molecule has 166 valence electrons. The van der Waals surface area contributed by atoms with Crippen molar-refractivity contribution in [2.24, 2.45) is 5.92 Å². The number of pyridine rings is 1. The number of nitrogens with one attached hydrogen (secondary N) is 1. The highest BCUT2D eigenvalue weighted by atomic mass is 19.4. The van der Waals surface area contributed by atoms with Gasteiger partial charge in [0.1, 0.15) is 11.5 Å². The molecule has 0 unspecified atom stereocenters. The quantitative estimate of drug-likeness (QED) is 0.675. The lowest BCUT2D eigenvalue weighted by molar-refractivity contribution is -0.141. The Morgan fingerprint density at radius 2 is 1.94 bits per heavy atom. The number of alkyl halides is 3. The van der Waals surface area contributed by atoms with E-state index in [0.29, 0.717) is 25.2 Å². The molecule has 2 amide bonds. The van der Waals surface area contributed by atoms with Gasteiger partial charge in [-0.05, 0) is 62.7 Å². The number of amides is 2. The molecule has 3 rings (SSSR count). The number of benzene rings is 1. The summed E-state index contributed by atoms with van der Waals surface area (Å²) in [7, 11) is 0. The molecular formula is C22H25F3N4O2. The van der Waals surface area contributed by atoms with Gasteiger partial charge >= 0.3 is 6.18 Å². The van der Waals surface area contributed by atoms with Crippen molar-refractivity contribution >= 4 is 23.8 Å². The van der Waals surface area contributed by atoms with E-state index in [0.717, 1.165) is 42.5 Å². The van der Waals surface area contributed by atoms with Crippen molar-refractivity contribution in [3.05, 3.63) is 53.7 Å². The number of rotatable bonds is 7. The van der Waals surface area contributed by atoms with Crippen LogP contribution >= 0.6 is 0 Å². The summed E-state index contributed by atoms with van der Waals surface area (Å²) < 4.78 is 38.9. The first kappa shape index (κ1) is 22.7. The minimum absolute atomic E-state index is 0.0278. The number of piperidine rings is 1. The van der Waals surface area contributed by atoms with Gasteiger partial charge in [0.15, 0.2) is 0 Å². The number of carbonyl (C=O) groups excluding carboxylic acids is 2. The summed E-state index contributed by atoms with van der Waals surface area (Å²) in [5.74, 6) is 0.0316. The standard InChI is InChI=1S/C22H25F3N4O2/c1-2-26-21(31)17-9-11-28(12-10-17)14-16-5-3-6-18(13-16)29(15-30)20-8-4-7-19(27-20)22(23,24)25/h3-8,13,15,17H,2,9-12,14H2,1H3,(H,26,31). The molecule has 1 fully saturated rings. The lowest BCUT2D eigenvalue weighted by atomic mass is 9.95. The second kappa shape index (κ2) is 9.91. The van der Waals surface area contributed by atoms with Crippen molar-refractivity contribution in [1.82, 2.24) is 15.2 Å². The van der Waals surface area contributed by atoms with Gasteiger partial charge in [-0.15, -0.1) is 0 Å². The molecule has 1 aliphatic rings. The summed E-state index contributed by atoms with van der Waals surface area (Å²) in [6.45, 7) is 4.70. The van der Waals surface area contributed by atoms with Gasteiger partial charge in [0.05, 0.1) is 5.69 Å². The second-order valence-electron chi connectivity index (χ2n) is 7.47. The van der Waals surface area contributed by atoms with Crippen LogP contribution in [0.15, 0.2) is 42.5 Å². The molecule has 1 aromatic heterocycles. The number of nitrogens with zero attached hydrogens (tertiary/aromatic N) is 3. The largest absolute Gasteiger partial charge is 0.433 e. The molecule has 0 bridgehead atoms. The Bertz CT molecular complexity index is 912. The number of halogens is 3. The van der Waals surface area contributed by atoms with Crippen molar-refractivity contribution in [3.8, 4) is 0 Å². The maximum atomic E-state index is 13.0. The van der Waals surface area contributed by atoms with Crippen molar-refractivity contribution in [3.63, 3.8) is 0 Å². The lowest BCUT2D eigenvalue weighted by Crippen LogP contribution is -2.40. The van der Waals surface area contributed by atoms with Crippen LogP contribution in [0, 0.1) is 5.92 Å². The van der Waals surface area contributed by atoms with Crippen LogP contribution in [0.3, 0.4) is 0 Å². The Morgan fingerprint density at radius 3 is 2.58 bits per heavy atom. The number of likely N-dealkylation sites (tertiary alicyclic amines) is 1. The fourth-order valence-corrected chi connectivity index (χ4v) is 3.70. The molecule has 0 aliphatic carbocycles. The summed E-state index contributed by atoms with van der Waals surface area (Å²) in [5.41, 5.74) is 0.312. The summed E-state index contributed by atoms with van der Waals surface area (Å²) in [6, 6.07) is 10.5. The fourth-order valence-electron chi connectivity index (χ4n) is 3.70. The smallest absolute Gasteiger partial charge is 0.356 e. The average molecular weight is 434 g/mol. The van der Waals surface area contributed by atoms with E-state index in [2.05, 4.69) is 15.2 Å². The zero-order valence-corrected chi connectivity index (χ0v) is 17.2. The number of hydrogen-bond donors (Lipinski definition) is 1. The highest BCUT2D eigenvalue weighted by Crippen LogP contribution is 2.31. The van der Waals surface area contributed by atoms with Gasteiger partial charge in [-0.1, -0.05) is 18.2 Å². The molecule has 2 aromatic rings. The maximum absolute atomic E-state index is 13.0. The predicted molar refractivity (Wildman–Crippen MR) is 111 cm³/mol. The van der Waals surface area contributed by atoms with Crippen LogP contribution in [0.25, 0.3) is 0 Å². The summed E-state index contributed by atoms with van der Waals surface area (Å²) in [5, 5.41) is 2.86. The van der Waals surface area contributed by atoms with Crippen LogP contribution in [-0.4, -0.2) is 41.8 Å². The van der Waals surface area contributed by atoms with E-state index in [4.69, 9.17) is 0 Å². The minimum Gasteiger partial charge on any atom is -0.356 e. The van der Waals surface area contributed by atoms with Gasteiger partial charge in [0, 0.05) is 19.0 Å². The summed E-state index contributed by atoms with van der Waals surface area (Å²) in [4.78, 5) is 30.6. The third-order valence-corrected chi connectivity index (χ3v) is 5.28. The number of anilines is 2. The molecule has 1 aromatic carbocycles. The van der Waals surface area contributed by atoms with E-state index >= 15 is 0 Å². The van der Waals surface area contributed by atoms with E-state index in [1.54, 1.807) is 18.2 Å². The highest BCUT2D eigenvalue weighted by Gasteiger charge is 2.33. The van der Waals surface area contributed by atoms with Gasteiger partial charge in [-0.25, -0.2) is 4.98 Å². The van der Waals surface area contributed by atoms with Gasteiger partial charge in [-0.2, -0.15) is 13.2 Å². The number of hydrogen-bond acceptors (Lipinski definition) is 4. The SMILES string of the molecule is CCNC(=O)C1CCN(Cc2cccc(N(C=O)c3cccc(C(F)(F)F)n3)c2)CC1. The minimum atomic E-state index is -4.59. The molecule has 0 saturated carbocycles. The first-order valence-corrected chi connectivity index (χ1v) is 10.2. The highest BCUT2D eigenvalue weighted by molar-refractivity contribution is 5.85. The first-order valence-electron chi connectivity index (χ1n) is 10.2. The van der Waals surface area contributed by atoms with Crippen LogP contribution in [-0.2, 0) is 22.3 Å². The van der Waals surface area contributed by atoms with E-state index in [9.17, 15) is 22.8 Å².